The highest BCUT2D eigenvalue weighted by molar-refractivity contribution is 9.10. The first-order chi connectivity index (χ1) is 15.6. The van der Waals surface area contributed by atoms with Crippen molar-refractivity contribution in [3.63, 3.8) is 0 Å². The number of anilines is 1. The lowest BCUT2D eigenvalue weighted by Gasteiger charge is -2.39. The van der Waals surface area contributed by atoms with Crippen LogP contribution in [0.5, 0.6) is 5.75 Å². The summed E-state index contributed by atoms with van der Waals surface area (Å²) in [6.07, 6.45) is -0.532. The smallest absolute Gasteiger partial charge is 0.410 e. The topological polar surface area (TPSA) is 42.0 Å². The van der Waals surface area contributed by atoms with Crippen molar-refractivity contribution in [3.05, 3.63) is 70.7 Å². The van der Waals surface area contributed by atoms with Crippen molar-refractivity contribution in [2.45, 2.75) is 45.4 Å². The van der Waals surface area contributed by atoms with E-state index in [1.807, 2.05) is 64.2 Å². The summed E-state index contributed by atoms with van der Waals surface area (Å²) in [6.45, 7) is 8.83. The van der Waals surface area contributed by atoms with E-state index in [0.29, 0.717) is 13.1 Å². The zero-order valence-corrected chi connectivity index (χ0v) is 21.4. The Kier molecular flexibility index (Phi) is 6.57. The first-order valence-corrected chi connectivity index (χ1v) is 12.1. The second-order valence-corrected chi connectivity index (χ2v) is 10.5. The Morgan fingerprint density at radius 1 is 1.18 bits per heavy atom. The molecule has 0 aliphatic carbocycles. The minimum atomic E-state index is -0.588. The number of amides is 1. The van der Waals surface area contributed by atoms with Crippen LogP contribution in [0.2, 0.25) is 0 Å². The van der Waals surface area contributed by atoms with Gasteiger partial charge in [0.1, 0.15) is 17.5 Å². The standard InChI is InChI=1S/C27H31BrN2O3/c1-18(22-12-8-10-19-9-6-7-11-23(19)22)30(26(31)33-27(2,3)4)17-21-16-29(5)24-14-13-20(28)15-25(24)32-21/h6-15,18,21H,16-17H2,1-5H3. The van der Waals surface area contributed by atoms with Gasteiger partial charge in [0.15, 0.2) is 0 Å². The fraction of sp³-hybridized carbons (Fsp3) is 0.370. The first-order valence-electron chi connectivity index (χ1n) is 11.3. The van der Waals surface area contributed by atoms with Gasteiger partial charge in [0.05, 0.1) is 24.8 Å². The van der Waals surface area contributed by atoms with Crippen molar-refractivity contribution in [3.8, 4) is 5.75 Å². The van der Waals surface area contributed by atoms with E-state index in [0.717, 1.165) is 32.2 Å². The molecule has 0 aromatic heterocycles. The Morgan fingerprint density at radius 2 is 1.91 bits per heavy atom. The molecule has 2 atom stereocenters. The number of likely N-dealkylation sites (N-methyl/N-ethyl adjacent to an activating group) is 1. The summed E-state index contributed by atoms with van der Waals surface area (Å²) in [5, 5.41) is 2.29. The molecular formula is C27H31BrN2O3. The predicted molar refractivity (Wildman–Crippen MR) is 137 cm³/mol. The highest BCUT2D eigenvalue weighted by atomic mass is 79.9. The average Bonchev–Trinajstić information content (AvgIpc) is 2.75. The van der Waals surface area contributed by atoms with Gasteiger partial charge in [-0.2, -0.15) is 0 Å². The van der Waals surface area contributed by atoms with Crippen LogP contribution < -0.4 is 9.64 Å². The van der Waals surface area contributed by atoms with Crippen LogP contribution in [0.15, 0.2) is 65.1 Å². The Bertz CT molecular complexity index is 1150. The third-order valence-electron chi connectivity index (χ3n) is 5.87. The van der Waals surface area contributed by atoms with E-state index >= 15 is 0 Å². The van der Waals surface area contributed by atoms with Crippen LogP contribution in [-0.4, -0.2) is 42.8 Å². The monoisotopic (exact) mass is 510 g/mol. The van der Waals surface area contributed by atoms with E-state index in [1.165, 1.54) is 0 Å². The van der Waals surface area contributed by atoms with Crippen LogP contribution in [0, 0.1) is 0 Å². The fourth-order valence-corrected chi connectivity index (χ4v) is 4.67. The summed E-state index contributed by atoms with van der Waals surface area (Å²) >= 11 is 3.53. The lowest BCUT2D eigenvalue weighted by molar-refractivity contribution is 0.00801. The van der Waals surface area contributed by atoms with Gasteiger partial charge >= 0.3 is 6.09 Å². The predicted octanol–water partition coefficient (Wildman–Crippen LogP) is 6.80. The first kappa shape index (κ1) is 23.4. The minimum absolute atomic E-state index is 0.191. The van der Waals surface area contributed by atoms with Crippen molar-refractivity contribution in [2.75, 3.05) is 25.0 Å². The van der Waals surface area contributed by atoms with Gasteiger partial charge in [0, 0.05) is 11.5 Å². The van der Waals surface area contributed by atoms with Crippen molar-refractivity contribution in [1.82, 2.24) is 4.90 Å². The van der Waals surface area contributed by atoms with Gasteiger partial charge in [-0.05, 0) is 62.2 Å². The summed E-state index contributed by atoms with van der Waals surface area (Å²) in [4.78, 5) is 17.4. The normalized spacial score (nSPS) is 16.7. The highest BCUT2D eigenvalue weighted by Crippen LogP contribution is 2.36. The highest BCUT2D eigenvalue weighted by Gasteiger charge is 2.33. The molecule has 1 amide bonds. The number of ether oxygens (including phenoxy) is 2. The lowest BCUT2D eigenvalue weighted by atomic mass is 9.98. The van der Waals surface area contributed by atoms with Gasteiger partial charge in [0.2, 0.25) is 0 Å². The van der Waals surface area contributed by atoms with Crippen LogP contribution >= 0.6 is 15.9 Å². The molecule has 0 radical (unpaired) electrons. The van der Waals surface area contributed by atoms with Gasteiger partial charge in [-0.1, -0.05) is 58.4 Å². The molecular weight excluding hydrogens is 480 g/mol. The number of benzene rings is 3. The number of hydrogen-bond donors (Lipinski definition) is 0. The molecule has 0 saturated carbocycles. The van der Waals surface area contributed by atoms with E-state index in [4.69, 9.17) is 9.47 Å². The summed E-state index contributed by atoms with van der Waals surface area (Å²) < 4.78 is 13.1. The zero-order chi connectivity index (χ0) is 23.8. The van der Waals surface area contributed by atoms with E-state index in [-0.39, 0.29) is 18.2 Å². The molecule has 4 rings (SSSR count). The lowest BCUT2D eigenvalue weighted by Crippen LogP contribution is -2.48. The number of nitrogens with zero attached hydrogens (tertiary/aromatic N) is 2. The van der Waals surface area contributed by atoms with Gasteiger partial charge in [-0.25, -0.2) is 4.79 Å². The third kappa shape index (κ3) is 5.27. The summed E-state index contributed by atoms with van der Waals surface area (Å²) in [5.74, 6) is 0.810. The molecule has 3 aromatic carbocycles. The maximum Gasteiger partial charge on any atom is 0.410 e. The molecule has 5 nitrogen and oxygen atoms in total. The summed E-state index contributed by atoms with van der Waals surface area (Å²) in [6, 6.07) is 20.3. The molecule has 0 bridgehead atoms. The number of fused-ring (bicyclic) bond motifs is 2. The van der Waals surface area contributed by atoms with Crippen molar-refractivity contribution in [2.24, 2.45) is 0 Å². The quantitative estimate of drug-likeness (QED) is 0.387. The van der Waals surface area contributed by atoms with Crippen LogP contribution in [-0.2, 0) is 4.74 Å². The number of rotatable bonds is 4. The van der Waals surface area contributed by atoms with Crippen LogP contribution in [0.4, 0.5) is 10.5 Å². The number of carbonyl (C=O) groups excluding carboxylic acids is 1. The third-order valence-corrected chi connectivity index (χ3v) is 6.37. The summed E-state index contributed by atoms with van der Waals surface area (Å²) in [7, 11) is 2.05. The van der Waals surface area contributed by atoms with Crippen LogP contribution in [0.3, 0.4) is 0 Å². The maximum atomic E-state index is 13.4. The molecule has 0 fully saturated rings. The zero-order valence-electron chi connectivity index (χ0n) is 19.8. The molecule has 0 spiro atoms. The van der Waals surface area contributed by atoms with Crippen LogP contribution in [0.25, 0.3) is 10.8 Å². The SMILES string of the molecule is CC(c1cccc2ccccc12)N(CC1CN(C)c2ccc(Br)cc2O1)C(=O)OC(C)(C)C. The van der Waals surface area contributed by atoms with Gasteiger partial charge in [-0.3, -0.25) is 4.90 Å². The molecule has 1 aliphatic heterocycles. The van der Waals surface area contributed by atoms with Crippen molar-refractivity contribution in [1.29, 1.82) is 0 Å². The van der Waals surface area contributed by atoms with E-state index < -0.39 is 5.60 Å². The van der Waals surface area contributed by atoms with Gasteiger partial charge in [-0.15, -0.1) is 0 Å². The van der Waals surface area contributed by atoms with Gasteiger partial charge < -0.3 is 14.4 Å². The molecule has 174 valence electrons. The van der Waals surface area contributed by atoms with E-state index in [9.17, 15) is 4.79 Å². The van der Waals surface area contributed by atoms with E-state index in [2.05, 4.69) is 52.0 Å². The van der Waals surface area contributed by atoms with E-state index in [1.54, 1.807) is 4.90 Å². The molecule has 1 heterocycles. The Labute approximate surface area is 204 Å². The largest absolute Gasteiger partial charge is 0.485 e. The second-order valence-electron chi connectivity index (χ2n) is 9.61. The summed E-state index contributed by atoms with van der Waals surface area (Å²) in [5.41, 5.74) is 1.54. The molecule has 6 heteroatoms. The molecule has 0 saturated heterocycles. The Hall–Kier alpha value is -2.73. The maximum absolute atomic E-state index is 13.4. The minimum Gasteiger partial charge on any atom is -0.485 e. The number of halogens is 1. The second kappa shape index (κ2) is 9.26. The average molecular weight is 511 g/mol. The van der Waals surface area contributed by atoms with Crippen LogP contribution in [0.1, 0.15) is 39.3 Å². The number of hydrogen-bond acceptors (Lipinski definition) is 4. The van der Waals surface area contributed by atoms with Crippen molar-refractivity contribution >= 4 is 38.5 Å². The molecule has 2 unspecified atom stereocenters. The molecule has 3 aromatic rings. The fourth-order valence-electron chi connectivity index (χ4n) is 4.33. The Balaban J connectivity index is 1.66. The van der Waals surface area contributed by atoms with Gasteiger partial charge in [0.25, 0.3) is 0 Å². The molecule has 33 heavy (non-hydrogen) atoms. The Morgan fingerprint density at radius 3 is 2.67 bits per heavy atom. The van der Waals surface area contributed by atoms with Crippen molar-refractivity contribution < 1.29 is 14.3 Å². The number of carbonyl (C=O) groups is 1. The molecule has 1 aliphatic rings. The molecule has 0 N–H and O–H groups in total.